The molecule has 0 spiro atoms. The number of hydrogen-bond donors (Lipinski definition) is 2. The molecule has 2 N–H and O–H groups in total. The van der Waals surface area contributed by atoms with Crippen LogP contribution < -0.4 is 10.7 Å². The molecule has 1 amide bonds. The molecule has 0 bridgehead atoms. The third-order valence-electron chi connectivity index (χ3n) is 3.00. The highest BCUT2D eigenvalue weighted by molar-refractivity contribution is 9.10. The van der Waals surface area contributed by atoms with Crippen LogP contribution in [0.1, 0.15) is 32.8 Å². The number of carbonyl (C=O) groups is 1. The molecule has 0 fully saturated rings. The Morgan fingerprint density at radius 1 is 1.43 bits per heavy atom. The number of amidine groups is 1. The van der Waals surface area contributed by atoms with Gasteiger partial charge in [-0.15, -0.1) is 0 Å². The van der Waals surface area contributed by atoms with Gasteiger partial charge in [-0.2, -0.15) is 5.10 Å². The zero-order chi connectivity index (χ0) is 17.0. The summed E-state index contributed by atoms with van der Waals surface area (Å²) in [5.41, 5.74) is 4.06. The minimum absolute atomic E-state index is 0.178. The first-order valence-corrected chi connectivity index (χ1v) is 8.00. The summed E-state index contributed by atoms with van der Waals surface area (Å²) in [6.45, 7) is 5.57. The Labute approximate surface area is 142 Å². The van der Waals surface area contributed by atoms with Gasteiger partial charge in [0.05, 0.1) is 5.71 Å². The molecular formula is C16H18BrFN4O. The normalized spacial score (nSPS) is 14.6. The van der Waals surface area contributed by atoms with Gasteiger partial charge in [0.15, 0.2) is 0 Å². The number of halogens is 2. The zero-order valence-corrected chi connectivity index (χ0v) is 14.7. The number of amides is 1. The summed E-state index contributed by atoms with van der Waals surface area (Å²) < 4.78 is 14.6. The van der Waals surface area contributed by atoms with Crippen molar-refractivity contribution in [3.63, 3.8) is 0 Å². The van der Waals surface area contributed by atoms with Crippen molar-refractivity contribution in [1.29, 1.82) is 0 Å². The molecule has 7 heteroatoms. The van der Waals surface area contributed by atoms with E-state index in [-0.39, 0.29) is 23.5 Å². The fraction of sp³-hybridized carbons (Fsp3) is 0.312. The van der Waals surface area contributed by atoms with Crippen molar-refractivity contribution >= 4 is 33.4 Å². The maximum Gasteiger partial charge on any atom is 0.274 e. The van der Waals surface area contributed by atoms with Crippen LogP contribution in [0, 0.1) is 5.82 Å². The van der Waals surface area contributed by atoms with Crippen molar-refractivity contribution in [1.82, 2.24) is 10.7 Å². The molecule has 0 radical (unpaired) electrons. The minimum atomic E-state index is -0.368. The summed E-state index contributed by atoms with van der Waals surface area (Å²) in [6.07, 6.45) is 2.09. The number of nitrogens with one attached hydrogen (secondary N) is 2. The van der Waals surface area contributed by atoms with E-state index in [0.717, 1.165) is 0 Å². The lowest BCUT2D eigenvalue weighted by atomic mass is 10.1. The van der Waals surface area contributed by atoms with Crippen LogP contribution in [0.3, 0.4) is 0 Å². The topological polar surface area (TPSA) is 65.8 Å². The highest BCUT2D eigenvalue weighted by Crippen LogP contribution is 2.21. The number of rotatable bonds is 4. The van der Waals surface area contributed by atoms with E-state index in [2.05, 4.69) is 36.8 Å². The number of nitrogens with zero attached hydrogens (tertiary/aromatic N) is 2. The van der Waals surface area contributed by atoms with Crippen molar-refractivity contribution in [2.45, 2.75) is 33.2 Å². The number of hydrogen-bond acceptors (Lipinski definition) is 4. The third-order valence-corrected chi connectivity index (χ3v) is 3.50. The summed E-state index contributed by atoms with van der Waals surface area (Å²) in [5, 5.41) is 6.67. The number of aliphatic imine (C=N–C) groups is 1. The van der Waals surface area contributed by atoms with E-state index >= 15 is 0 Å². The standard InChI is InChI=1S/C16H18BrFN4O/c1-9(2)21-22-10(3)19-16(23)15-7-6-14(20-15)12-5-4-11(17)8-13(12)18/h4-5,7-9,21H,6H2,1-3H3,(H,19,22,23). The first kappa shape index (κ1) is 17.3. The number of carbonyl (C=O) groups excluding carboxylic acids is 1. The Morgan fingerprint density at radius 3 is 2.83 bits per heavy atom. The fourth-order valence-corrected chi connectivity index (χ4v) is 2.28. The van der Waals surface area contributed by atoms with E-state index in [1.54, 1.807) is 25.1 Å². The predicted molar refractivity (Wildman–Crippen MR) is 92.9 cm³/mol. The average Bonchev–Trinajstić information content (AvgIpc) is 2.94. The number of allylic oxidation sites excluding steroid dienone is 1. The monoisotopic (exact) mass is 380 g/mol. The molecule has 1 aromatic rings. The Kier molecular flexibility index (Phi) is 5.65. The van der Waals surface area contributed by atoms with Crippen LogP contribution in [0.5, 0.6) is 0 Å². The van der Waals surface area contributed by atoms with Crippen LogP contribution in [-0.4, -0.2) is 23.5 Å². The van der Waals surface area contributed by atoms with E-state index in [0.29, 0.717) is 28.0 Å². The summed E-state index contributed by atoms with van der Waals surface area (Å²) >= 11 is 3.22. The minimum Gasteiger partial charge on any atom is -0.308 e. The maximum atomic E-state index is 14.0. The van der Waals surface area contributed by atoms with Gasteiger partial charge in [-0.1, -0.05) is 15.9 Å². The van der Waals surface area contributed by atoms with E-state index in [1.807, 2.05) is 13.8 Å². The lowest BCUT2D eigenvalue weighted by Crippen LogP contribution is -2.31. The highest BCUT2D eigenvalue weighted by atomic mass is 79.9. The number of benzene rings is 1. The maximum absolute atomic E-state index is 14.0. The molecular weight excluding hydrogens is 363 g/mol. The first-order chi connectivity index (χ1) is 10.9. The molecule has 1 aromatic carbocycles. The van der Waals surface area contributed by atoms with Gasteiger partial charge in [0.2, 0.25) is 0 Å². The Morgan fingerprint density at radius 2 is 2.17 bits per heavy atom. The predicted octanol–water partition coefficient (Wildman–Crippen LogP) is 3.11. The van der Waals surface area contributed by atoms with Crippen molar-refractivity contribution < 1.29 is 9.18 Å². The lowest BCUT2D eigenvalue weighted by Gasteiger charge is -2.07. The van der Waals surface area contributed by atoms with Gasteiger partial charge in [-0.3, -0.25) is 4.79 Å². The lowest BCUT2D eigenvalue weighted by molar-refractivity contribution is -0.116. The van der Waals surface area contributed by atoms with Crippen LogP contribution in [0.4, 0.5) is 4.39 Å². The zero-order valence-electron chi connectivity index (χ0n) is 13.2. The molecule has 0 atom stereocenters. The molecule has 23 heavy (non-hydrogen) atoms. The van der Waals surface area contributed by atoms with Crippen molar-refractivity contribution in [3.8, 4) is 0 Å². The first-order valence-electron chi connectivity index (χ1n) is 7.21. The molecule has 0 aliphatic carbocycles. The average molecular weight is 381 g/mol. The molecule has 0 unspecified atom stereocenters. The van der Waals surface area contributed by atoms with Gasteiger partial charge in [-0.25, -0.2) is 9.38 Å². The Balaban J connectivity index is 2.06. The molecule has 1 aliphatic heterocycles. The van der Waals surface area contributed by atoms with Crippen LogP contribution in [0.2, 0.25) is 0 Å². The van der Waals surface area contributed by atoms with Crippen LogP contribution >= 0.6 is 15.9 Å². The molecule has 122 valence electrons. The van der Waals surface area contributed by atoms with Gasteiger partial charge in [0, 0.05) is 22.5 Å². The van der Waals surface area contributed by atoms with Crippen molar-refractivity contribution in [2.24, 2.45) is 10.1 Å². The smallest absolute Gasteiger partial charge is 0.274 e. The van der Waals surface area contributed by atoms with Crippen LogP contribution in [0.15, 0.2) is 44.5 Å². The molecule has 0 aromatic heterocycles. The molecule has 0 saturated heterocycles. The largest absolute Gasteiger partial charge is 0.308 e. The number of hydrazone groups is 1. The second-order valence-corrected chi connectivity index (χ2v) is 6.33. The molecule has 1 aliphatic rings. The van der Waals surface area contributed by atoms with Gasteiger partial charge in [0.1, 0.15) is 17.3 Å². The quantitative estimate of drug-likeness (QED) is 0.478. The fourth-order valence-electron chi connectivity index (χ4n) is 1.95. The van der Waals surface area contributed by atoms with Crippen LogP contribution in [0.25, 0.3) is 0 Å². The van der Waals surface area contributed by atoms with Gasteiger partial charge < -0.3 is 10.7 Å². The van der Waals surface area contributed by atoms with Gasteiger partial charge in [0.25, 0.3) is 5.91 Å². The van der Waals surface area contributed by atoms with Gasteiger partial charge in [-0.05, 0) is 45.0 Å². The second kappa shape index (κ2) is 7.50. The highest BCUT2D eigenvalue weighted by Gasteiger charge is 2.19. The van der Waals surface area contributed by atoms with E-state index in [9.17, 15) is 9.18 Å². The summed E-state index contributed by atoms with van der Waals surface area (Å²) in [7, 11) is 0. The Bertz CT molecular complexity index is 710. The van der Waals surface area contributed by atoms with Crippen molar-refractivity contribution in [2.75, 3.05) is 0 Å². The molecule has 0 saturated carbocycles. The molecule has 5 nitrogen and oxygen atoms in total. The van der Waals surface area contributed by atoms with E-state index < -0.39 is 0 Å². The molecule has 2 rings (SSSR count). The SMILES string of the molecule is CC(=NNC(C)C)NC(=O)C1=CCC(c2ccc(Br)cc2F)=N1. The summed E-state index contributed by atoms with van der Waals surface area (Å²) in [5.74, 6) is -0.278. The summed E-state index contributed by atoms with van der Waals surface area (Å²) in [6, 6.07) is 4.95. The van der Waals surface area contributed by atoms with Gasteiger partial charge >= 0.3 is 0 Å². The van der Waals surface area contributed by atoms with E-state index in [4.69, 9.17) is 0 Å². The van der Waals surface area contributed by atoms with Crippen molar-refractivity contribution in [3.05, 3.63) is 45.8 Å². The second-order valence-electron chi connectivity index (χ2n) is 5.41. The third kappa shape index (κ3) is 4.72. The van der Waals surface area contributed by atoms with E-state index in [1.165, 1.54) is 6.07 Å². The Hall–Kier alpha value is -2.02. The summed E-state index contributed by atoms with van der Waals surface area (Å²) in [4.78, 5) is 16.4. The van der Waals surface area contributed by atoms with Crippen LogP contribution in [-0.2, 0) is 4.79 Å². The molecule has 1 heterocycles.